The molecule has 2 saturated heterocycles. The minimum atomic E-state index is -0.968. The molecule has 7 heteroatoms. The number of benzene rings is 4. The van der Waals surface area contributed by atoms with Gasteiger partial charge in [-0.3, -0.25) is 4.79 Å². The summed E-state index contributed by atoms with van der Waals surface area (Å²) in [7, 11) is 0. The molecule has 0 unspecified atom stereocenters. The smallest absolute Gasteiger partial charge is 0.217 e. The summed E-state index contributed by atoms with van der Waals surface area (Å²) in [5.41, 5.74) is 2.96. The number of nitrogens with one attached hydrogen (secondary N) is 1. The first-order chi connectivity index (χ1) is 21.4. The van der Waals surface area contributed by atoms with Gasteiger partial charge in [-0.25, -0.2) is 0 Å². The molecule has 5 atom stereocenters. The predicted octanol–water partition coefficient (Wildman–Crippen LogP) is 5.96. The third-order valence-corrected chi connectivity index (χ3v) is 8.12. The molecule has 2 heterocycles. The van der Waals surface area contributed by atoms with Gasteiger partial charge in [-0.15, -0.1) is 0 Å². The van der Waals surface area contributed by atoms with Gasteiger partial charge in [-0.2, -0.15) is 0 Å². The Balaban J connectivity index is 1.36. The molecule has 0 saturated carbocycles. The lowest BCUT2D eigenvalue weighted by molar-refractivity contribution is -0.224. The Kier molecular flexibility index (Phi) is 8.93. The van der Waals surface area contributed by atoms with E-state index in [-0.39, 0.29) is 12.5 Å². The maximum absolute atomic E-state index is 12.7. The standard InChI is InChI=1S/C37H39NO6/c1-26(39)38-31(32-33(40-24-27-16-8-4-9-17-27)34-35(42-32)44-36(2,3)43-34)25-41-37(28-18-10-5-11-19-28,29-20-12-6-13-21-29)30-22-14-7-15-23-30/h4-23,31-35H,24-25H2,1-3H3,(H,38,39)/t31-,32-,33+,34-,35-/m1/s1. The van der Waals surface area contributed by atoms with E-state index in [0.717, 1.165) is 22.3 Å². The largest absolute Gasteiger partial charge is 0.368 e. The molecule has 2 fully saturated rings. The fourth-order valence-electron chi connectivity index (χ4n) is 6.25. The van der Waals surface area contributed by atoms with Crippen molar-refractivity contribution in [2.75, 3.05) is 6.61 Å². The van der Waals surface area contributed by atoms with Gasteiger partial charge >= 0.3 is 0 Å². The molecule has 0 aromatic heterocycles. The Bertz CT molecular complexity index is 1400. The highest BCUT2D eigenvalue weighted by Crippen LogP contribution is 2.43. The average molecular weight is 594 g/mol. The summed E-state index contributed by atoms with van der Waals surface area (Å²) in [4.78, 5) is 12.7. The number of hydrogen-bond donors (Lipinski definition) is 1. The summed E-state index contributed by atoms with van der Waals surface area (Å²) in [6, 6.07) is 39.8. The lowest BCUT2D eigenvalue weighted by Crippen LogP contribution is -2.53. The van der Waals surface area contributed by atoms with Crippen molar-refractivity contribution in [1.29, 1.82) is 0 Å². The second kappa shape index (κ2) is 13.0. The molecule has 228 valence electrons. The van der Waals surface area contributed by atoms with Crippen LogP contribution in [0.4, 0.5) is 0 Å². The molecule has 0 bridgehead atoms. The number of fused-ring (bicyclic) bond motifs is 1. The number of hydrogen-bond acceptors (Lipinski definition) is 6. The molecule has 4 aromatic carbocycles. The molecule has 2 aliphatic rings. The minimum absolute atomic E-state index is 0.122. The van der Waals surface area contributed by atoms with Crippen LogP contribution in [0.3, 0.4) is 0 Å². The van der Waals surface area contributed by atoms with Gasteiger partial charge in [0.1, 0.15) is 23.9 Å². The molecule has 6 rings (SSSR count). The zero-order valence-corrected chi connectivity index (χ0v) is 25.3. The van der Waals surface area contributed by atoms with Crippen molar-refractivity contribution in [2.24, 2.45) is 0 Å². The van der Waals surface area contributed by atoms with Crippen LogP contribution < -0.4 is 5.32 Å². The topological polar surface area (TPSA) is 75.3 Å². The van der Waals surface area contributed by atoms with Crippen molar-refractivity contribution >= 4 is 5.91 Å². The van der Waals surface area contributed by atoms with Crippen LogP contribution in [0.2, 0.25) is 0 Å². The zero-order valence-electron chi connectivity index (χ0n) is 25.3. The fraction of sp³-hybridized carbons (Fsp3) is 0.324. The van der Waals surface area contributed by atoms with Crippen LogP contribution in [0, 0.1) is 0 Å². The quantitative estimate of drug-likeness (QED) is 0.216. The van der Waals surface area contributed by atoms with Crippen molar-refractivity contribution < 1.29 is 28.5 Å². The van der Waals surface area contributed by atoms with Crippen LogP contribution >= 0.6 is 0 Å². The van der Waals surface area contributed by atoms with Crippen LogP contribution in [0.15, 0.2) is 121 Å². The van der Waals surface area contributed by atoms with Crippen molar-refractivity contribution in [3.63, 3.8) is 0 Å². The second-order valence-corrected chi connectivity index (χ2v) is 11.7. The molecule has 7 nitrogen and oxygen atoms in total. The van der Waals surface area contributed by atoms with Crippen LogP contribution in [0.5, 0.6) is 0 Å². The lowest BCUT2D eigenvalue weighted by atomic mass is 9.80. The van der Waals surface area contributed by atoms with Crippen LogP contribution in [-0.2, 0) is 40.7 Å². The Morgan fingerprint density at radius 1 is 0.795 bits per heavy atom. The van der Waals surface area contributed by atoms with Gasteiger partial charge in [-0.1, -0.05) is 121 Å². The van der Waals surface area contributed by atoms with E-state index in [0.29, 0.717) is 6.61 Å². The fourth-order valence-corrected chi connectivity index (χ4v) is 6.25. The number of rotatable bonds is 11. The number of amides is 1. The molecule has 1 amide bonds. The van der Waals surface area contributed by atoms with Gasteiger partial charge < -0.3 is 29.0 Å². The predicted molar refractivity (Wildman–Crippen MR) is 166 cm³/mol. The second-order valence-electron chi connectivity index (χ2n) is 11.7. The molecular formula is C37H39NO6. The first-order valence-corrected chi connectivity index (χ1v) is 15.1. The van der Waals surface area contributed by atoms with Crippen molar-refractivity contribution in [3.05, 3.63) is 144 Å². The molecule has 4 aromatic rings. The summed E-state index contributed by atoms with van der Waals surface area (Å²) in [5.74, 6) is -1.02. The van der Waals surface area contributed by atoms with Gasteiger partial charge in [0, 0.05) is 6.92 Å². The highest BCUT2D eigenvalue weighted by atomic mass is 16.8. The van der Waals surface area contributed by atoms with E-state index < -0.39 is 42.0 Å². The lowest BCUT2D eigenvalue weighted by Gasteiger charge is -2.38. The molecule has 1 N–H and O–H groups in total. The van der Waals surface area contributed by atoms with Gasteiger partial charge in [0.05, 0.1) is 19.3 Å². The van der Waals surface area contributed by atoms with E-state index in [4.69, 9.17) is 23.7 Å². The summed E-state index contributed by atoms with van der Waals surface area (Å²) >= 11 is 0. The SMILES string of the molecule is CC(=O)N[C@H](COC(c1ccccc1)(c1ccccc1)c1ccccc1)[C@H]1O[C@@H]2OC(C)(C)O[C@@H]2[C@H]1OCc1ccccc1. The maximum atomic E-state index is 12.7. The summed E-state index contributed by atoms with van der Waals surface area (Å²) < 4.78 is 32.5. The molecule has 0 spiro atoms. The van der Waals surface area contributed by atoms with Crippen LogP contribution in [0.1, 0.15) is 43.0 Å². The number of ether oxygens (including phenoxy) is 5. The van der Waals surface area contributed by atoms with Gasteiger partial charge in [0.2, 0.25) is 5.91 Å². The van der Waals surface area contributed by atoms with E-state index in [1.807, 2.05) is 98.8 Å². The first kappa shape index (κ1) is 30.2. The molecular weight excluding hydrogens is 554 g/mol. The number of carbonyl (C=O) groups is 1. The third-order valence-electron chi connectivity index (χ3n) is 8.12. The molecule has 44 heavy (non-hydrogen) atoms. The molecule has 2 aliphatic heterocycles. The van der Waals surface area contributed by atoms with Gasteiger partial charge in [0.25, 0.3) is 0 Å². The normalized spacial score (nSPS) is 23.2. The summed E-state index contributed by atoms with van der Waals surface area (Å²) in [6.45, 7) is 5.70. The Morgan fingerprint density at radius 3 is 1.80 bits per heavy atom. The van der Waals surface area contributed by atoms with E-state index in [1.54, 1.807) is 0 Å². The monoisotopic (exact) mass is 593 g/mol. The highest BCUT2D eigenvalue weighted by Gasteiger charge is 2.57. The summed E-state index contributed by atoms with van der Waals surface area (Å²) in [6.07, 6.45) is -2.25. The highest BCUT2D eigenvalue weighted by molar-refractivity contribution is 5.73. The van der Waals surface area contributed by atoms with E-state index in [9.17, 15) is 4.79 Å². The minimum Gasteiger partial charge on any atom is -0.368 e. The van der Waals surface area contributed by atoms with Crippen LogP contribution in [-0.4, -0.2) is 48.9 Å². The van der Waals surface area contributed by atoms with E-state index >= 15 is 0 Å². The average Bonchev–Trinajstić information content (AvgIpc) is 3.53. The zero-order chi connectivity index (χ0) is 30.6. The van der Waals surface area contributed by atoms with Gasteiger partial charge in [0.15, 0.2) is 12.1 Å². The van der Waals surface area contributed by atoms with Crippen molar-refractivity contribution in [1.82, 2.24) is 5.32 Å². The van der Waals surface area contributed by atoms with Crippen LogP contribution in [0.25, 0.3) is 0 Å². The van der Waals surface area contributed by atoms with E-state index in [2.05, 4.69) is 41.7 Å². The Morgan fingerprint density at radius 2 is 1.30 bits per heavy atom. The molecule has 0 aliphatic carbocycles. The van der Waals surface area contributed by atoms with Gasteiger partial charge in [-0.05, 0) is 36.1 Å². The number of carbonyl (C=O) groups excluding carboxylic acids is 1. The van der Waals surface area contributed by atoms with Crippen molar-refractivity contribution in [3.8, 4) is 0 Å². The van der Waals surface area contributed by atoms with E-state index in [1.165, 1.54) is 6.92 Å². The summed E-state index contributed by atoms with van der Waals surface area (Å²) in [5, 5.41) is 3.11. The molecule has 0 radical (unpaired) electrons. The maximum Gasteiger partial charge on any atom is 0.217 e. The Labute approximate surface area is 259 Å². The Hall–Kier alpha value is -3.85. The third kappa shape index (κ3) is 6.34. The van der Waals surface area contributed by atoms with Crippen molar-refractivity contribution in [2.45, 2.75) is 69.4 Å². The first-order valence-electron chi connectivity index (χ1n) is 15.1.